The second kappa shape index (κ2) is 6.34. The van der Waals surface area contributed by atoms with Gasteiger partial charge in [0.15, 0.2) is 5.76 Å². The number of benzene rings is 1. The molecule has 116 valence electrons. The Labute approximate surface area is 131 Å². The lowest BCUT2D eigenvalue weighted by Gasteiger charge is -2.30. The summed E-state index contributed by atoms with van der Waals surface area (Å²) in [6.45, 7) is 5.98. The van der Waals surface area contributed by atoms with Gasteiger partial charge in [0, 0.05) is 24.7 Å². The quantitative estimate of drug-likeness (QED) is 0.872. The highest BCUT2D eigenvalue weighted by molar-refractivity contribution is 5.78. The van der Waals surface area contributed by atoms with Crippen LogP contribution in [0.15, 0.2) is 34.9 Å². The third-order valence-corrected chi connectivity index (χ3v) is 4.24. The third-order valence-electron chi connectivity index (χ3n) is 4.24. The predicted octanol–water partition coefficient (Wildman–Crippen LogP) is 3.45. The van der Waals surface area contributed by atoms with Gasteiger partial charge in [-0.25, -0.2) is 0 Å². The summed E-state index contributed by atoms with van der Waals surface area (Å²) in [6.07, 6.45) is 2.63. The number of carbonyl (C=O) groups is 1. The molecule has 1 aliphatic heterocycles. The fourth-order valence-electron chi connectivity index (χ4n) is 2.93. The molecule has 2 heterocycles. The number of piperidine rings is 1. The molecule has 0 saturated carbocycles. The molecular weight excluding hydrogens is 276 g/mol. The topological polar surface area (TPSA) is 46.3 Å². The number of aromatic nitrogens is 1. The molecule has 1 saturated heterocycles. The van der Waals surface area contributed by atoms with Crippen LogP contribution < -0.4 is 0 Å². The van der Waals surface area contributed by atoms with E-state index >= 15 is 0 Å². The summed E-state index contributed by atoms with van der Waals surface area (Å²) in [5, 5.41) is 4.05. The molecule has 0 N–H and O–H groups in total. The first-order chi connectivity index (χ1) is 10.6. The summed E-state index contributed by atoms with van der Waals surface area (Å²) in [7, 11) is 0. The number of hydrogen-bond acceptors (Lipinski definition) is 3. The number of likely N-dealkylation sites (tertiary alicyclic amines) is 1. The summed E-state index contributed by atoms with van der Waals surface area (Å²) in [5.74, 6) is 1.46. The van der Waals surface area contributed by atoms with Crippen LogP contribution in [0.3, 0.4) is 0 Å². The zero-order valence-corrected chi connectivity index (χ0v) is 13.2. The van der Waals surface area contributed by atoms with Gasteiger partial charge in [0.1, 0.15) is 0 Å². The minimum Gasteiger partial charge on any atom is -0.356 e. The molecule has 4 heteroatoms. The lowest BCUT2D eigenvalue weighted by Crippen LogP contribution is -2.39. The van der Waals surface area contributed by atoms with E-state index in [1.807, 2.05) is 42.2 Å². The number of amides is 1. The Kier molecular flexibility index (Phi) is 4.27. The van der Waals surface area contributed by atoms with Crippen LogP contribution in [0, 0.1) is 12.8 Å². The molecule has 0 aliphatic carbocycles. The lowest BCUT2D eigenvalue weighted by atomic mass is 10.00. The Bertz CT molecular complexity index is 645. The van der Waals surface area contributed by atoms with Crippen LogP contribution in [0.1, 0.15) is 31.0 Å². The standard InChI is InChI=1S/C18H22N2O2/c1-13-5-7-15(8-6-13)17-10-16(19-22-17)11-18(21)20-9-3-4-14(2)12-20/h5-8,10,14H,3-4,9,11-12H2,1-2H3. The maximum atomic E-state index is 12.3. The van der Waals surface area contributed by atoms with E-state index in [9.17, 15) is 4.79 Å². The van der Waals surface area contributed by atoms with Crippen molar-refractivity contribution >= 4 is 5.91 Å². The summed E-state index contributed by atoms with van der Waals surface area (Å²) < 4.78 is 5.38. The molecule has 3 rings (SSSR count). The maximum absolute atomic E-state index is 12.3. The van der Waals surface area contributed by atoms with Crippen molar-refractivity contribution in [1.82, 2.24) is 10.1 Å². The normalized spacial score (nSPS) is 18.5. The van der Waals surface area contributed by atoms with E-state index in [2.05, 4.69) is 12.1 Å². The van der Waals surface area contributed by atoms with Crippen LogP contribution in [-0.2, 0) is 11.2 Å². The van der Waals surface area contributed by atoms with E-state index in [0.717, 1.165) is 30.8 Å². The van der Waals surface area contributed by atoms with Crippen molar-refractivity contribution in [3.8, 4) is 11.3 Å². The first kappa shape index (κ1) is 14.8. The smallest absolute Gasteiger partial charge is 0.228 e. The van der Waals surface area contributed by atoms with Crippen LogP contribution >= 0.6 is 0 Å². The first-order valence-electron chi connectivity index (χ1n) is 7.92. The number of nitrogens with zero attached hydrogens (tertiary/aromatic N) is 2. The van der Waals surface area contributed by atoms with E-state index in [4.69, 9.17) is 4.52 Å². The second-order valence-electron chi connectivity index (χ2n) is 6.31. The molecular formula is C18H22N2O2. The first-order valence-corrected chi connectivity index (χ1v) is 7.92. The summed E-state index contributed by atoms with van der Waals surface area (Å²) in [4.78, 5) is 14.3. The van der Waals surface area contributed by atoms with E-state index in [1.165, 1.54) is 12.0 Å². The predicted molar refractivity (Wildman–Crippen MR) is 85.4 cm³/mol. The van der Waals surface area contributed by atoms with Gasteiger partial charge < -0.3 is 9.42 Å². The van der Waals surface area contributed by atoms with Crippen LogP contribution in [0.5, 0.6) is 0 Å². The molecule has 4 nitrogen and oxygen atoms in total. The van der Waals surface area contributed by atoms with Crippen molar-refractivity contribution in [2.75, 3.05) is 13.1 Å². The SMILES string of the molecule is Cc1ccc(-c2cc(CC(=O)N3CCCC(C)C3)no2)cc1. The van der Waals surface area contributed by atoms with Crippen LogP contribution in [0.2, 0.25) is 0 Å². The second-order valence-corrected chi connectivity index (χ2v) is 6.31. The maximum Gasteiger partial charge on any atom is 0.228 e. The van der Waals surface area contributed by atoms with Crippen LogP contribution in [0.4, 0.5) is 0 Å². The van der Waals surface area contributed by atoms with E-state index in [1.54, 1.807) is 0 Å². The highest BCUT2D eigenvalue weighted by atomic mass is 16.5. The number of aryl methyl sites for hydroxylation is 1. The number of carbonyl (C=O) groups excluding carboxylic acids is 1. The molecule has 0 spiro atoms. The summed E-state index contributed by atoms with van der Waals surface area (Å²) >= 11 is 0. The molecule has 1 unspecified atom stereocenters. The van der Waals surface area contributed by atoms with E-state index in [-0.39, 0.29) is 5.91 Å². The van der Waals surface area contributed by atoms with Crippen molar-refractivity contribution in [1.29, 1.82) is 0 Å². The molecule has 1 fully saturated rings. The van der Waals surface area contributed by atoms with Gasteiger partial charge in [-0.3, -0.25) is 4.79 Å². The van der Waals surface area contributed by atoms with Crippen LogP contribution in [0.25, 0.3) is 11.3 Å². The average molecular weight is 298 g/mol. The van der Waals surface area contributed by atoms with Crippen molar-refractivity contribution < 1.29 is 9.32 Å². The molecule has 0 radical (unpaired) electrons. The van der Waals surface area contributed by atoms with Crippen molar-refractivity contribution in [3.05, 3.63) is 41.6 Å². The third kappa shape index (κ3) is 3.38. The zero-order valence-electron chi connectivity index (χ0n) is 13.2. The highest BCUT2D eigenvalue weighted by Gasteiger charge is 2.22. The Hall–Kier alpha value is -2.10. The fourth-order valence-corrected chi connectivity index (χ4v) is 2.93. The molecule has 1 aromatic heterocycles. The van der Waals surface area contributed by atoms with Gasteiger partial charge in [-0.1, -0.05) is 41.9 Å². The molecule has 0 bridgehead atoms. The van der Waals surface area contributed by atoms with Gasteiger partial charge in [-0.15, -0.1) is 0 Å². The molecule has 2 aromatic rings. The molecule has 1 atom stereocenters. The zero-order chi connectivity index (χ0) is 15.5. The van der Waals surface area contributed by atoms with Crippen molar-refractivity contribution in [2.45, 2.75) is 33.1 Å². The van der Waals surface area contributed by atoms with Gasteiger partial charge >= 0.3 is 0 Å². The van der Waals surface area contributed by atoms with Gasteiger partial charge in [0.05, 0.1) is 12.1 Å². The van der Waals surface area contributed by atoms with Gasteiger partial charge in [-0.05, 0) is 25.7 Å². The number of hydrogen-bond donors (Lipinski definition) is 0. The monoisotopic (exact) mass is 298 g/mol. The molecule has 1 amide bonds. The van der Waals surface area contributed by atoms with Crippen molar-refractivity contribution in [2.24, 2.45) is 5.92 Å². The molecule has 1 aromatic carbocycles. The minimum atomic E-state index is 0.148. The average Bonchev–Trinajstić information content (AvgIpc) is 2.96. The van der Waals surface area contributed by atoms with E-state index < -0.39 is 0 Å². The Morgan fingerprint density at radius 2 is 2.14 bits per heavy atom. The molecule has 22 heavy (non-hydrogen) atoms. The summed E-state index contributed by atoms with van der Waals surface area (Å²) in [6, 6.07) is 9.97. The number of rotatable bonds is 3. The Morgan fingerprint density at radius 3 is 2.86 bits per heavy atom. The van der Waals surface area contributed by atoms with Gasteiger partial charge in [0.2, 0.25) is 5.91 Å². The highest BCUT2D eigenvalue weighted by Crippen LogP contribution is 2.22. The van der Waals surface area contributed by atoms with Gasteiger partial charge in [0.25, 0.3) is 0 Å². The van der Waals surface area contributed by atoms with Crippen LogP contribution in [-0.4, -0.2) is 29.1 Å². The Balaban J connectivity index is 1.66. The Morgan fingerprint density at radius 1 is 1.36 bits per heavy atom. The fraction of sp³-hybridized carbons (Fsp3) is 0.444. The van der Waals surface area contributed by atoms with Crippen molar-refractivity contribution in [3.63, 3.8) is 0 Å². The summed E-state index contributed by atoms with van der Waals surface area (Å²) in [5.41, 5.74) is 2.90. The lowest BCUT2D eigenvalue weighted by molar-refractivity contribution is -0.132. The largest absolute Gasteiger partial charge is 0.356 e. The minimum absolute atomic E-state index is 0.148. The van der Waals surface area contributed by atoms with E-state index in [0.29, 0.717) is 18.0 Å². The molecule has 1 aliphatic rings. The van der Waals surface area contributed by atoms with Gasteiger partial charge in [-0.2, -0.15) is 0 Å².